The Balaban J connectivity index is 1.53. The fourth-order valence-electron chi connectivity index (χ4n) is 4.53. The lowest BCUT2D eigenvalue weighted by Gasteiger charge is -2.48. The smallest absolute Gasteiger partial charge is 0.245 e. The first-order valence-corrected chi connectivity index (χ1v) is 10.2. The van der Waals surface area contributed by atoms with Crippen LogP contribution in [0, 0.1) is 0 Å². The summed E-state index contributed by atoms with van der Waals surface area (Å²) in [7, 11) is 1.97. The molecule has 4 heterocycles. The molecule has 0 unspecified atom stereocenters. The van der Waals surface area contributed by atoms with E-state index < -0.39 is 6.98 Å². The van der Waals surface area contributed by atoms with Crippen molar-refractivity contribution in [2.75, 3.05) is 11.9 Å². The first-order valence-electron chi connectivity index (χ1n) is 11.7. The first kappa shape index (κ1) is 17.6. The molecule has 1 aliphatic rings. The minimum Gasteiger partial charge on any atom is -0.506 e. The number of hydrogen-bond donors (Lipinski definition) is 2. The zero-order valence-electron chi connectivity index (χ0n) is 21.5. The van der Waals surface area contributed by atoms with Gasteiger partial charge in [0.05, 0.1) is 12.4 Å². The van der Waals surface area contributed by atoms with Crippen LogP contribution in [0.4, 0.5) is 5.95 Å². The molecule has 0 radical (unpaired) electrons. The van der Waals surface area contributed by atoms with Gasteiger partial charge in [0.15, 0.2) is 0 Å². The molecule has 3 aromatic rings. The first-order chi connectivity index (χ1) is 15.7. The van der Waals surface area contributed by atoms with Gasteiger partial charge >= 0.3 is 0 Å². The fourth-order valence-corrected chi connectivity index (χ4v) is 4.53. The van der Waals surface area contributed by atoms with Crippen LogP contribution in [0.5, 0.6) is 5.75 Å². The molecule has 2 N–H and O–H groups in total. The number of anilines is 1. The van der Waals surface area contributed by atoms with Crippen LogP contribution >= 0.6 is 0 Å². The van der Waals surface area contributed by atoms with Crippen LogP contribution in [0.3, 0.4) is 0 Å². The summed E-state index contributed by atoms with van der Waals surface area (Å²) in [4.78, 5) is 10.8. The van der Waals surface area contributed by atoms with Crippen molar-refractivity contribution in [3.8, 4) is 28.3 Å². The molecular weight excluding hydrogens is 392 g/mol. The minimum atomic E-state index is -2.37. The number of aromatic hydroxyl groups is 1. The zero-order chi connectivity index (χ0) is 24.9. The molecule has 1 fully saturated rings. The van der Waals surface area contributed by atoms with Crippen LogP contribution in [0.25, 0.3) is 22.5 Å². The van der Waals surface area contributed by atoms with E-state index in [4.69, 9.17) is 4.11 Å². The van der Waals surface area contributed by atoms with E-state index in [9.17, 15) is 5.11 Å². The third-order valence-corrected chi connectivity index (χ3v) is 5.61. The standard InChI is InChI=1S/C22H30N8O/c1-21(2)8-16(9-22(3,4)28-21)30(6)20-24-12-17(26-27-20)19-18(31)7-14(10-23-19)15-11-25-29(5)13-15/h7,10-13,16,28,31H,8-9H2,1-6H3/i5D3. The lowest BCUT2D eigenvalue weighted by molar-refractivity contribution is 0.160. The van der Waals surface area contributed by atoms with Crippen LogP contribution in [-0.4, -0.2) is 59.2 Å². The molecule has 4 rings (SSSR count). The van der Waals surface area contributed by atoms with Gasteiger partial charge in [-0.1, -0.05) is 0 Å². The van der Waals surface area contributed by atoms with Gasteiger partial charge in [-0.25, -0.2) is 9.97 Å². The third-order valence-electron chi connectivity index (χ3n) is 5.61. The Morgan fingerprint density at radius 1 is 1.10 bits per heavy atom. The molecule has 9 heteroatoms. The van der Waals surface area contributed by atoms with Crippen LogP contribution < -0.4 is 10.2 Å². The molecule has 0 amide bonds. The summed E-state index contributed by atoms with van der Waals surface area (Å²) in [5.74, 6) is 0.397. The Morgan fingerprint density at radius 2 is 1.84 bits per heavy atom. The second kappa shape index (κ2) is 7.56. The lowest BCUT2D eigenvalue weighted by atomic mass is 9.79. The van der Waals surface area contributed by atoms with Crippen molar-refractivity contribution in [2.24, 2.45) is 6.98 Å². The van der Waals surface area contributed by atoms with Crippen LogP contribution in [0.15, 0.2) is 30.9 Å². The third kappa shape index (κ3) is 4.51. The SMILES string of the molecule is [2H]C([2H])([2H])n1cc(-c2cnc(-c3cnc(N(C)C4CC(C)(C)NC(C)(C)C4)nn3)c(O)c2)cn1. The number of aromatic nitrogens is 6. The average molecular weight is 426 g/mol. The maximum atomic E-state index is 10.6. The summed E-state index contributed by atoms with van der Waals surface area (Å²) in [6.07, 6.45) is 7.76. The van der Waals surface area contributed by atoms with Gasteiger partial charge in [-0.15, -0.1) is 10.2 Å². The summed E-state index contributed by atoms with van der Waals surface area (Å²) in [5.41, 5.74) is 1.62. The maximum Gasteiger partial charge on any atom is 0.245 e. The Bertz CT molecular complexity index is 1160. The van der Waals surface area contributed by atoms with Gasteiger partial charge in [0, 0.05) is 58.8 Å². The Hall–Kier alpha value is -3.07. The second-order valence-corrected chi connectivity index (χ2v) is 9.47. The van der Waals surface area contributed by atoms with E-state index in [0.717, 1.165) is 17.5 Å². The molecule has 9 nitrogen and oxygen atoms in total. The molecule has 0 bridgehead atoms. The number of pyridine rings is 1. The molecule has 3 aromatic heterocycles. The summed E-state index contributed by atoms with van der Waals surface area (Å²) < 4.78 is 23.2. The van der Waals surface area contributed by atoms with Crippen molar-refractivity contribution in [1.82, 2.24) is 35.3 Å². The van der Waals surface area contributed by atoms with Crippen LogP contribution in [0.2, 0.25) is 0 Å². The van der Waals surface area contributed by atoms with Gasteiger partial charge in [-0.2, -0.15) is 5.10 Å². The monoisotopic (exact) mass is 425 g/mol. The van der Waals surface area contributed by atoms with Crippen molar-refractivity contribution in [1.29, 1.82) is 0 Å². The van der Waals surface area contributed by atoms with Gasteiger partial charge in [0.1, 0.15) is 17.1 Å². The van der Waals surface area contributed by atoms with Crippen LogP contribution in [-0.2, 0) is 6.98 Å². The van der Waals surface area contributed by atoms with E-state index in [1.54, 1.807) is 6.20 Å². The summed E-state index contributed by atoms with van der Waals surface area (Å²) >= 11 is 0. The van der Waals surface area contributed by atoms with Gasteiger partial charge in [0.25, 0.3) is 0 Å². The molecule has 0 aliphatic carbocycles. The van der Waals surface area contributed by atoms with E-state index in [1.807, 2.05) is 7.05 Å². The highest BCUT2D eigenvalue weighted by Gasteiger charge is 2.39. The van der Waals surface area contributed by atoms with Gasteiger partial charge in [0.2, 0.25) is 5.95 Å². The number of nitrogens with zero attached hydrogens (tertiary/aromatic N) is 7. The van der Waals surface area contributed by atoms with Gasteiger partial charge in [-0.3, -0.25) is 4.68 Å². The van der Waals surface area contributed by atoms with E-state index >= 15 is 0 Å². The number of hydrogen-bond acceptors (Lipinski definition) is 8. The van der Waals surface area contributed by atoms with E-state index in [2.05, 4.69) is 63.2 Å². The van der Waals surface area contributed by atoms with Gasteiger partial charge in [-0.05, 0) is 46.6 Å². The molecule has 0 spiro atoms. The van der Waals surface area contributed by atoms with E-state index in [0.29, 0.717) is 22.8 Å². The molecule has 0 aromatic carbocycles. The topological polar surface area (TPSA) is 105 Å². The van der Waals surface area contributed by atoms with E-state index in [-0.39, 0.29) is 28.6 Å². The Kier molecular flexibility index (Phi) is 4.29. The fraction of sp³-hybridized carbons (Fsp3) is 0.500. The predicted octanol–water partition coefficient (Wildman–Crippen LogP) is 2.79. The Morgan fingerprint density at radius 3 is 2.42 bits per heavy atom. The molecule has 1 aliphatic heterocycles. The number of nitrogens with one attached hydrogen (secondary N) is 1. The number of rotatable bonds is 4. The second-order valence-electron chi connectivity index (χ2n) is 9.47. The lowest BCUT2D eigenvalue weighted by Crippen LogP contribution is -2.62. The molecular formula is C22H30N8O. The molecule has 0 atom stereocenters. The maximum absolute atomic E-state index is 10.6. The largest absolute Gasteiger partial charge is 0.506 e. The normalized spacial score (nSPS) is 20.0. The predicted molar refractivity (Wildman–Crippen MR) is 120 cm³/mol. The van der Waals surface area contributed by atoms with Crippen molar-refractivity contribution < 1.29 is 9.22 Å². The number of piperidine rings is 1. The quantitative estimate of drug-likeness (QED) is 0.657. The van der Waals surface area contributed by atoms with Crippen molar-refractivity contribution in [3.63, 3.8) is 0 Å². The summed E-state index contributed by atoms with van der Waals surface area (Å²) in [6, 6.07) is 1.74. The van der Waals surface area contributed by atoms with Gasteiger partial charge < -0.3 is 15.3 Å². The molecule has 31 heavy (non-hydrogen) atoms. The summed E-state index contributed by atoms with van der Waals surface area (Å²) in [5, 5.41) is 26.6. The van der Waals surface area contributed by atoms with E-state index in [1.165, 1.54) is 24.7 Å². The van der Waals surface area contributed by atoms with Crippen molar-refractivity contribution >= 4 is 5.95 Å². The van der Waals surface area contributed by atoms with Crippen molar-refractivity contribution in [2.45, 2.75) is 57.7 Å². The highest BCUT2D eigenvalue weighted by Crippen LogP contribution is 2.33. The highest BCUT2D eigenvalue weighted by atomic mass is 16.3. The van der Waals surface area contributed by atoms with Crippen LogP contribution in [0.1, 0.15) is 44.6 Å². The minimum absolute atomic E-state index is 0.00844. The molecule has 1 saturated heterocycles. The highest BCUT2D eigenvalue weighted by molar-refractivity contribution is 5.69. The summed E-state index contributed by atoms with van der Waals surface area (Å²) in [6.45, 7) is 6.42. The molecule has 164 valence electrons. The van der Waals surface area contributed by atoms with Crippen molar-refractivity contribution in [3.05, 3.63) is 30.9 Å². The Labute approximate surface area is 186 Å². The average Bonchev–Trinajstić information content (AvgIpc) is 3.22. The number of aryl methyl sites for hydroxylation is 1. The molecule has 0 saturated carbocycles. The zero-order valence-corrected chi connectivity index (χ0v) is 18.5.